The van der Waals surface area contributed by atoms with Gasteiger partial charge in [-0.1, -0.05) is 63.2 Å². The summed E-state index contributed by atoms with van der Waals surface area (Å²) in [5, 5.41) is 14.2. The number of nitrogens with zero attached hydrogens (tertiary/aromatic N) is 4. The maximum absolute atomic E-state index is 12.6. The number of non-ortho nitro benzene ring substituents is 1. The molecule has 4 rings (SSSR count). The van der Waals surface area contributed by atoms with Gasteiger partial charge in [0.1, 0.15) is 0 Å². The van der Waals surface area contributed by atoms with Crippen LogP contribution in [0.25, 0.3) is 0 Å². The minimum atomic E-state index is -0.454. The van der Waals surface area contributed by atoms with Gasteiger partial charge in [-0.15, -0.1) is 0 Å². The number of nitrogens with one attached hydrogen (secondary N) is 1. The third-order valence-corrected chi connectivity index (χ3v) is 8.71. The first kappa shape index (κ1) is 30.1. The molecular weight excluding hydrogens is 518 g/mol. The lowest BCUT2D eigenvalue weighted by atomic mass is 9.74. The number of hydrogen-bond donors (Lipinski definition) is 1. The molecule has 0 aliphatic carbocycles. The van der Waals surface area contributed by atoms with Gasteiger partial charge < -0.3 is 15.1 Å². The summed E-state index contributed by atoms with van der Waals surface area (Å²) in [6, 6.07) is 16.6. The van der Waals surface area contributed by atoms with Crippen molar-refractivity contribution in [1.29, 1.82) is 0 Å². The Hall–Kier alpha value is -3.85. The zero-order valence-corrected chi connectivity index (χ0v) is 24.3. The van der Waals surface area contributed by atoms with Crippen molar-refractivity contribution in [3.05, 3.63) is 87.2 Å². The van der Waals surface area contributed by atoms with E-state index in [9.17, 15) is 19.7 Å². The van der Waals surface area contributed by atoms with Crippen molar-refractivity contribution < 1.29 is 14.5 Å². The molecular formula is C32H41N5O4. The minimum Gasteiger partial charge on any atom is -0.350 e. The number of aliphatic imine (C=N–C) groups is 1. The highest BCUT2D eigenvalue weighted by atomic mass is 16.6. The fourth-order valence-corrected chi connectivity index (χ4v) is 6.25. The Morgan fingerprint density at radius 1 is 1.07 bits per heavy atom. The van der Waals surface area contributed by atoms with E-state index in [1.165, 1.54) is 17.7 Å². The summed E-state index contributed by atoms with van der Waals surface area (Å²) in [4.78, 5) is 44.2. The minimum absolute atomic E-state index is 0.00720. The quantitative estimate of drug-likeness (QED) is 0.207. The highest BCUT2D eigenvalue weighted by Gasteiger charge is 2.38. The molecule has 2 aromatic carbocycles. The van der Waals surface area contributed by atoms with E-state index in [-0.39, 0.29) is 11.1 Å². The van der Waals surface area contributed by atoms with Gasteiger partial charge in [-0.3, -0.25) is 24.7 Å². The Labute approximate surface area is 242 Å². The molecule has 0 radical (unpaired) electrons. The lowest BCUT2D eigenvalue weighted by Gasteiger charge is -2.40. The van der Waals surface area contributed by atoms with Crippen molar-refractivity contribution in [2.24, 2.45) is 4.99 Å². The van der Waals surface area contributed by atoms with Crippen molar-refractivity contribution in [3.8, 4) is 0 Å². The van der Waals surface area contributed by atoms with Crippen LogP contribution in [0.3, 0.4) is 0 Å². The first-order valence-electron chi connectivity index (χ1n) is 14.6. The normalized spacial score (nSPS) is 20.7. The molecule has 0 aromatic heterocycles. The second-order valence-electron chi connectivity index (χ2n) is 11.2. The average molecular weight is 560 g/mol. The number of nitro benzene ring substituents is 1. The van der Waals surface area contributed by atoms with Gasteiger partial charge >= 0.3 is 0 Å². The van der Waals surface area contributed by atoms with Crippen LogP contribution in [-0.4, -0.2) is 65.5 Å². The SMILES string of the molecule is CCC1=NC(CC)=C(N(C=O)CCCN2CCC(C)(c3ccccc3)CC2)C(c2ccc([N+](=O)[O-])cc2)C1NC=O. The number of allylic oxidation sites excluding steroid dienone is 1. The van der Waals surface area contributed by atoms with Gasteiger partial charge in [0.05, 0.1) is 28.3 Å². The number of hydrogen-bond acceptors (Lipinski definition) is 6. The zero-order valence-electron chi connectivity index (χ0n) is 24.3. The molecule has 2 atom stereocenters. The van der Waals surface area contributed by atoms with E-state index in [4.69, 9.17) is 4.99 Å². The molecule has 2 aliphatic rings. The van der Waals surface area contributed by atoms with Crippen LogP contribution in [0, 0.1) is 10.1 Å². The molecule has 0 saturated carbocycles. The average Bonchev–Trinajstić information content (AvgIpc) is 3.00. The third kappa shape index (κ3) is 6.73. The van der Waals surface area contributed by atoms with Crippen LogP contribution in [0.4, 0.5) is 5.69 Å². The van der Waals surface area contributed by atoms with Crippen LogP contribution in [-0.2, 0) is 15.0 Å². The standard InChI is InChI=1S/C32H41N5O4/c1-4-27-30(33-22-38)29(24-12-14-26(15-13-24)37(40)41)31(28(5-2)34-27)36(23-39)19-9-18-35-20-16-32(3,17-21-35)25-10-7-6-8-11-25/h6-8,10-15,22-23,29-30H,4-5,9,16-21H2,1-3H3,(H,33,38). The van der Waals surface area contributed by atoms with E-state index in [1.54, 1.807) is 17.0 Å². The van der Waals surface area contributed by atoms with E-state index < -0.39 is 16.9 Å². The van der Waals surface area contributed by atoms with Crippen molar-refractivity contribution in [2.75, 3.05) is 26.2 Å². The number of nitro groups is 1. The van der Waals surface area contributed by atoms with E-state index in [0.29, 0.717) is 25.8 Å². The van der Waals surface area contributed by atoms with Crippen molar-refractivity contribution in [1.82, 2.24) is 15.1 Å². The molecule has 2 amide bonds. The molecule has 1 fully saturated rings. The summed E-state index contributed by atoms with van der Waals surface area (Å²) >= 11 is 0. The summed E-state index contributed by atoms with van der Waals surface area (Å²) in [6.07, 6.45) is 5.74. The Morgan fingerprint density at radius 3 is 2.32 bits per heavy atom. The number of piperidine rings is 1. The fraction of sp³-hybridized carbons (Fsp3) is 0.469. The summed E-state index contributed by atoms with van der Waals surface area (Å²) in [5.41, 5.74) is 4.74. The summed E-state index contributed by atoms with van der Waals surface area (Å²) < 4.78 is 0. The predicted octanol–water partition coefficient (Wildman–Crippen LogP) is 5.18. The predicted molar refractivity (Wildman–Crippen MR) is 161 cm³/mol. The lowest BCUT2D eigenvalue weighted by molar-refractivity contribution is -0.384. The van der Waals surface area contributed by atoms with Crippen LogP contribution in [0.5, 0.6) is 0 Å². The molecule has 1 N–H and O–H groups in total. The summed E-state index contributed by atoms with van der Waals surface area (Å²) in [6.45, 7) is 9.76. The maximum atomic E-state index is 12.6. The van der Waals surface area contributed by atoms with E-state index in [2.05, 4.69) is 47.5 Å². The van der Waals surface area contributed by atoms with Gasteiger partial charge in [-0.05, 0) is 68.3 Å². The number of amides is 2. The van der Waals surface area contributed by atoms with Crippen LogP contribution in [0.15, 0.2) is 71.0 Å². The van der Waals surface area contributed by atoms with Crippen molar-refractivity contribution >= 4 is 24.2 Å². The van der Waals surface area contributed by atoms with E-state index in [0.717, 1.165) is 68.0 Å². The van der Waals surface area contributed by atoms with Gasteiger partial charge in [0.25, 0.3) is 5.69 Å². The Morgan fingerprint density at radius 2 is 1.76 bits per heavy atom. The van der Waals surface area contributed by atoms with Crippen LogP contribution < -0.4 is 5.32 Å². The van der Waals surface area contributed by atoms with Gasteiger partial charge in [-0.25, -0.2) is 0 Å². The largest absolute Gasteiger partial charge is 0.350 e. The molecule has 2 aromatic rings. The van der Waals surface area contributed by atoms with Crippen molar-refractivity contribution in [3.63, 3.8) is 0 Å². The molecule has 2 aliphatic heterocycles. The summed E-state index contributed by atoms with van der Waals surface area (Å²) in [5.74, 6) is -0.393. The molecule has 9 nitrogen and oxygen atoms in total. The van der Waals surface area contributed by atoms with Crippen molar-refractivity contribution in [2.45, 2.75) is 70.3 Å². The molecule has 2 unspecified atom stereocenters. The number of likely N-dealkylation sites (tertiary alicyclic amines) is 1. The Bertz CT molecular complexity index is 1270. The summed E-state index contributed by atoms with van der Waals surface area (Å²) in [7, 11) is 0. The number of carbonyl (C=O) groups is 2. The molecule has 2 heterocycles. The second-order valence-corrected chi connectivity index (χ2v) is 11.2. The molecule has 9 heteroatoms. The molecule has 0 bridgehead atoms. The molecule has 1 saturated heterocycles. The Kier molecular flexibility index (Phi) is 10.0. The molecule has 0 spiro atoms. The topological polar surface area (TPSA) is 108 Å². The third-order valence-electron chi connectivity index (χ3n) is 8.71. The van der Waals surface area contributed by atoms with Gasteiger partial charge in [-0.2, -0.15) is 0 Å². The Balaban J connectivity index is 1.52. The zero-order chi connectivity index (χ0) is 29.4. The highest BCUT2D eigenvalue weighted by Crippen LogP contribution is 2.39. The number of rotatable bonds is 13. The first-order valence-corrected chi connectivity index (χ1v) is 14.6. The van der Waals surface area contributed by atoms with Crippen LogP contribution in [0.1, 0.15) is 69.9 Å². The van der Waals surface area contributed by atoms with Crippen LogP contribution >= 0.6 is 0 Å². The molecule has 41 heavy (non-hydrogen) atoms. The highest BCUT2D eigenvalue weighted by molar-refractivity contribution is 5.94. The fourth-order valence-electron chi connectivity index (χ4n) is 6.25. The second kappa shape index (κ2) is 13.7. The van der Waals surface area contributed by atoms with Gasteiger partial charge in [0.15, 0.2) is 0 Å². The van der Waals surface area contributed by atoms with Crippen LogP contribution in [0.2, 0.25) is 0 Å². The lowest BCUT2D eigenvalue weighted by Crippen LogP contribution is -2.47. The van der Waals surface area contributed by atoms with E-state index >= 15 is 0 Å². The first-order chi connectivity index (χ1) is 19.8. The number of benzene rings is 2. The smallest absolute Gasteiger partial charge is 0.269 e. The van der Waals surface area contributed by atoms with Gasteiger partial charge in [0, 0.05) is 24.4 Å². The maximum Gasteiger partial charge on any atom is 0.269 e. The monoisotopic (exact) mass is 559 g/mol. The number of carbonyl (C=O) groups excluding carboxylic acids is 2. The van der Waals surface area contributed by atoms with Gasteiger partial charge in [0.2, 0.25) is 12.8 Å². The molecule has 218 valence electrons. The van der Waals surface area contributed by atoms with E-state index in [1.807, 2.05) is 13.8 Å².